The quantitative estimate of drug-likeness (QED) is 0.838. The third kappa shape index (κ3) is 1.59. The molecule has 2 aromatic rings. The Balaban J connectivity index is 1.69. The molecule has 18 heavy (non-hydrogen) atoms. The highest BCUT2D eigenvalue weighted by Crippen LogP contribution is 2.36. The first-order valence-electron chi connectivity index (χ1n) is 6.47. The van der Waals surface area contributed by atoms with Gasteiger partial charge in [0.05, 0.1) is 10.9 Å². The van der Waals surface area contributed by atoms with E-state index in [-0.39, 0.29) is 0 Å². The fraction of sp³-hybridized carbons (Fsp3) is 0.583. The maximum atomic E-state index is 4.63. The minimum absolute atomic E-state index is 0.618. The first-order valence-corrected chi connectivity index (χ1v) is 7.29. The molecule has 0 aromatic carbocycles. The van der Waals surface area contributed by atoms with Crippen molar-refractivity contribution in [2.75, 3.05) is 24.5 Å². The number of hydrogen-bond acceptors (Lipinski definition) is 6. The fourth-order valence-corrected chi connectivity index (χ4v) is 4.09. The molecule has 2 aliphatic heterocycles. The lowest BCUT2D eigenvalue weighted by Gasteiger charge is -2.31. The summed E-state index contributed by atoms with van der Waals surface area (Å²) in [4.78, 5) is 7.09. The molecule has 6 heteroatoms. The van der Waals surface area contributed by atoms with E-state index >= 15 is 0 Å². The molecule has 0 saturated carbocycles. The molecule has 0 radical (unpaired) electrons. The smallest absolute Gasteiger partial charge is 0.194 e. The summed E-state index contributed by atoms with van der Waals surface area (Å²) < 4.78 is 1.13. The van der Waals surface area contributed by atoms with Crippen molar-refractivity contribution in [1.82, 2.24) is 20.5 Å². The molecule has 2 fully saturated rings. The molecule has 2 saturated heterocycles. The van der Waals surface area contributed by atoms with Gasteiger partial charge in [0, 0.05) is 19.1 Å². The molecule has 5 nitrogen and oxygen atoms in total. The third-order valence-corrected chi connectivity index (χ3v) is 5.09. The topological polar surface area (TPSA) is 53.9 Å². The van der Waals surface area contributed by atoms with Crippen LogP contribution in [0.4, 0.5) is 5.13 Å². The van der Waals surface area contributed by atoms with Gasteiger partial charge in [-0.2, -0.15) is 10.1 Å². The second-order valence-corrected chi connectivity index (χ2v) is 6.03. The molecule has 0 spiro atoms. The van der Waals surface area contributed by atoms with Crippen molar-refractivity contribution in [3.63, 3.8) is 0 Å². The maximum absolute atomic E-state index is 4.63. The van der Waals surface area contributed by atoms with Gasteiger partial charge >= 0.3 is 0 Å². The molecule has 2 atom stereocenters. The molecule has 0 amide bonds. The molecular formula is C12H15N5S. The average Bonchev–Trinajstić information content (AvgIpc) is 3.02. The molecule has 4 heterocycles. The Bertz CT molecular complexity index is 535. The second kappa shape index (κ2) is 4.13. The Hall–Kier alpha value is -1.27. The van der Waals surface area contributed by atoms with Crippen LogP contribution in [0.1, 0.15) is 12.8 Å². The van der Waals surface area contributed by atoms with E-state index in [1.165, 1.54) is 19.4 Å². The Morgan fingerprint density at radius 2 is 2.39 bits per heavy atom. The number of hydrogen-bond donors (Lipinski definition) is 1. The summed E-state index contributed by atoms with van der Waals surface area (Å²) in [6.45, 7) is 3.39. The Morgan fingerprint density at radius 1 is 1.39 bits per heavy atom. The number of fused-ring (bicyclic) bond motifs is 2. The van der Waals surface area contributed by atoms with Crippen LogP contribution in [-0.4, -0.2) is 40.9 Å². The number of anilines is 1. The van der Waals surface area contributed by atoms with Crippen molar-refractivity contribution in [3.05, 3.63) is 12.3 Å². The van der Waals surface area contributed by atoms with Gasteiger partial charge in [0.2, 0.25) is 0 Å². The van der Waals surface area contributed by atoms with Crippen LogP contribution in [0.15, 0.2) is 12.3 Å². The number of aromatic nitrogens is 3. The monoisotopic (exact) mass is 261 g/mol. The van der Waals surface area contributed by atoms with Gasteiger partial charge in [-0.1, -0.05) is 11.3 Å². The van der Waals surface area contributed by atoms with Gasteiger partial charge < -0.3 is 10.2 Å². The summed E-state index contributed by atoms with van der Waals surface area (Å²) in [7, 11) is 0. The number of nitrogens with zero attached hydrogens (tertiary/aromatic N) is 4. The van der Waals surface area contributed by atoms with Crippen LogP contribution in [0.25, 0.3) is 10.3 Å². The highest BCUT2D eigenvalue weighted by atomic mass is 32.1. The molecule has 0 unspecified atom stereocenters. The number of piperidine rings is 1. The lowest BCUT2D eigenvalue weighted by Crippen LogP contribution is -2.45. The van der Waals surface area contributed by atoms with Crippen molar-refractivity contribution < 1.29 is 0 Å². The van der Waals surface area contributed by atoms with Crippen molar-refractivity contribution in [3.8, 4) is 0 Å². The minimum Gasteiger partial charge on any atom is -0.343 e. The third-order valence-electron chi connectivity index (χ3n) is 4.04. The number of rotatable bonds is 1. The van der Waals surface area contributed by atoms with E-state index in [9.17, 15) is 0 Å². The second-order valence-electron chi connectivity index (χ2n) is 5.02. The van der Waals surface area contributed by atoms with Crippen LogP contribution < -0.4 is 10.2 Å². The van der Waals surface area contributed by atoms with Crippen LogP contribution in [0.5, 0.6) is 0 Å². The minimum atomic E-state index is 0.618. The van der Waals surface area contributed by atoms with Gasteiger partial charge in [0.25, 0.3) is 0 Å². The zero-order valence-electron chi connectivity index (χ0n) is 10.0. The standard InChI is InChI=1S/C12H15N5S/c1-4-13-7-9-8(1)3-6-17(9)12-15-11-10(18-12)2-5-14-16-11/h2,5,8-9,13H,1,3-4,6-7H2/t8-,9-/m1/s1. The fourth-order valence-electron chi connectivity index (χ4n) is 3.11. The van der Waals surface area contributed by atoms with E-state index < -0.39 is 0 Å². The molecule has 0 aliphatic carbocycles. The summed E-state index contributed by atoms with van der Waals surface area (Å²) in [5, 5.41) is 12.6. The maximum Gasteiger partial charge on any atom is 0.194 e. The zero-order valence-corrected chi connectivity index (χ0v) is 10.9. The summed E-state index contributed by atoms with van der Waals surface area (Å²) in [5.74, 6) is 0.837. The lowest BCUT2D eigenvalue weighted by atomic mass is 9.94. The van der Waals surface area contributed by atoms with Gasteiger partial charge in [0.15, 0.2) is 10.8 Å². The molecular weight excluding hydrogens is 246 g/mol. The van der Waals surface area contributed by atoms with Gasteiger partial charge in [-0.05, 0) is 31.4 Å². The predicted molar refractivity (Wildman–Crippen MR) is 71.9 cm³/mol. The Morgan fingerprint density at radius 3 is 3.33 bits per heavy atom. The first-order chi connectivity index (χ1) is 8.92. The van der Waals surface area contributed by atoms with Gasteiger partial charge in [0.1, 0.15) is 0 Å². The average molecular weight is 261 g/mol. The van der Waals surface area contributed by atoms with Crippen LogP contribution in [-0.2, 0) is 0 Å². The van der Waals surface area contributed by atoms with Crippen LogP contribution in [0, 0.1) is 5.92 Å². The van der Waals surface area contributed by atoms with Crippen molar-refractivity contribution >= 4 is 26.8 Å². The largest absolute Gasteiger partial charge is 0.343 e. The number of nitrogens with one attached hydrogen (secondary N) is 1. The van der Waals surface area contributed by atoms with Gasteiger partial charge in [-0.15, -0.1) is 5.10 Å². The number of thiazole rings is 1. The Kier molecular flexibility index (Phi) is 2.44. The van der Waals surface area contributed by atoms with Gasteiger partial charge in [-0.25, -0.2) is 0 Å². The van der Waals surface area contributed by atoms with E-state index in [2.05, 4.69) is 25.4 Å². The molecule has 2 aliphatic rings. The van der Waals surface area contributed by atoms with E-state index in [1.807, 2.05) is 6.07 Å². The predicted octanol–water partition coefficient (Wildman–Crippen LogP) is 1.27. The van der Waals surface area contributed by atoms with Crippen molar-refractivity contribution in [1.29, 1.82) is 0 Å². The summed E-state index contributed by atoms with van der Waals surface area (Å²) in [6.07, 6.45) is 4.33. The van der Waals surface area contributed by atoms with E-state index in [1.54, 1.807) is 17.5 Å². The molecule has 4 rings (SSSR count). The Labute approximate surface area is 109 Å². The summed E-state index contributed by atoms with van der Waals surface area (Å²) >= 11 is 1.73. The van der Waals surface area contributed by atoms with Crippen LogP contribution >= 0.6 is 11.3 Å². The van der Waals surface area contributed by atoms with E-state index in [0.29, 0.717) is 6.04 Å². The molecule has 2 aromatic heterocycles. The van der Waals surface area contributed by atoms with E-state index in [4.69, 9.17) is 0 Å². The zero-order chi connectivity index (χ0) is 11.9. The highest BCUT2D eigenvalue weighted by Gasteiger charge is 2.37. The van der Waals surface area contributed by atoms with E-state index in [0.717, 1.165) is 34.5 Å². The summed E-state index contributed by atoms with van der Waals surface area (Å²) in [5.41, 5.74) is 0.782. The van der Waals surface area contributed by atoms with Crippen LogP contribution in [0.2, 0.25) is 0 Å². The van der Waals surface area contributed by atoms with Crippen LogP contribution in [0.3, 0.4) is 0 Å². The normalized spacial score (nSPS) is 27.7. The molecule has 0 bridgehead atoms. The molecule has 1 N–H and O–H groups in total. The first kappa shape index (κ1) is 10.6. The van der Waals surface area contributed by atoms with Crippen molar-refractivity contribution in [2.24, 2.45) is 5.92 Å². The van der Waals surface area contributed by atoms with Crippen molar-refractivity contribution in [2.45, 2.75) is 18.9 Å². The SMILES string of the molecule is c1cc2sc(N3CC[C@H]4CCNC[C@H]43)nc2nn1. The molecule has 94 valence electrons. The summed E-state index contributed by atoms with van der Waals surface area (Å²) in [6, 6.07) is 2.61. The lowest BCUT2D eigenvalue weighted by molar-refractivity contribution is 0.359. The van der Waals surface area contributed by atoms with Gasteiger partial charge in [-0.3, -0.25) is 0 Å². The highest BCUT2D eigenvalue weighted by molar-refractivity contribution is 7.22.